The van der Waals surface area contributed by atoms with Gasteiger partial charge in [0.2, 0.25) is 0 Å². The number of nitrogens with one attached hydrogen (secondary N) is 1. The molecule has 0 aromatic rings. The molecule has 0 aromatic carbocycles. The molecule has 0 saturated heterocycles. The molecule has 1 N–H and O–H groups in total. The molecule has 0 spiro atoms. The maximum Gasteiger partial charge on any atom is 0.408 e. The second-order valence-electron chi connectivity index (χ2n) is 3.71. The summed E-state index contributed by atoms with van der Waals surface area (Å²) in [5, 5.41) is 2.63. The molecule has 0 aliphatic heterocycles. The molecule has 0 unspecified atom stereocenters. The Labute approximate surface area is 91.2 Å². The van der Waals surface area contributed by atoms with E-state index in [1.807, 2.05) is 0 Å². The molecule has 0 atom stereocenters. The zero-order valence-electron chi connectivity index (χ0n) is 9.01. The van der Waals surface area contributed by atoms with Crippen molar-refractivity contribution in [3.8, 4) is 0 Å². The van der Waals surface area contributed by atoms with Gasteiger partial charge in [-0.15, -0.1) is 0 Å². The summed E-state index contributed by atoms with van der Waals surface area (Å²) in [5.41, 5.74) is 0. The van der Waals surface area contributed by atoms with E-state index in [4.69, 9.17) is 11.6 Å². The first kappa shape index (κ1) is 13.6. The summed E-state index contributed by atoms with van der Waals surface area (Å²) in [7, 11) is 0. The number of alkyl halides is 1. The van der Waals surface area contributed by atoms with Crippen molar-refractivity contribution in [2.45, 2.75) is 39.5 Å². The number of rotatable bonds is 7. The zero-order valence-corrected chi connectivity index (χ0v) is 9.77. The Morgan fingerprint density at radius 2 is 2.07 bits per heavy atom. The quantitative estimate of drug-likeness (QED) is 0.530. The number of unbranched alkanes of at least 4 members (excludes halogenated alkanes) is 2. The smallest absolute Gasteiger partial charge is 0.408 e. The fourth-order valence-electron chi connectivity index (χ4n) is 1.15. The van der Waals surface area contributed by atoms with Gasteiger partial charge < -0.3 is 10.1 Å². The summed E-state index contributed by atoms with van der Waals surface area (Å²) in [6, 6.07) is -0.0841. The highest BCUT2D eigenvalue weighted by atomic mass is 35.5. The molecule has 0 aliphatic rings. The van der Waals surface area contributed by atoms with Crippen LogP contribution in [0.4, 0.5) is 4.79 Å². The zero-order chi connectivity index (χ0) is 10.8. The lowest BCUT2D eigenvalue weighted by molar-refractivity contribution is 0.164. The first-order valence-electron chi connectivity index (χ1n) is 5.13. The van der Waals surface area contributed by atoms with Crippen LogP contribution in [0.25, 0.3) is 0 Å². The highest BCUT2D eigenvalue weighted by Crippen LogP contribution is 2.07. The van der Waals surface area contributed by atoms with Gasteiger partial charge in [-0.05, 0) is 12.3 Å². The number of hydrogen-bond acceptors (Lipinski definition) is 2. The largest absolute Gasteiger partial charge is 0.433 e. The molecule has 14 heavy (non-hydrogen) atoms. The summed E-state index contributed by atoms with van der Waals surface area (Å²) in [6.07, 6.45) is 4.21. The van der Waals surface area contributed by atoms with E-state index in [0.717, 1.165) is 18.8 Å². The molecule has 0 rings (SSSR count). The highest BCUT2D eigenvalue weighted by Gasteiger charge is 1.99. The molecule has 0 aromatic heterocycles. The molecule has 0 fully saturated rings. The van der Waals surface area contributed by atoms with Crippen LogP contribution < -0.4 is 5.32 Å². The van der Waals surface area contributed by atoms with Crippen molar-refractivity contribution in [1.29, 1.82) is 0 Å². The molecule has 1 amide bonds. The number of hydrogen-bond donors (Lipinski definition) is 1. The fraction of sp³-hybridized carbons (Fsp3) is 0.900. The van der Waals surface area contributed by atoms with E-state index in [2.05, 4.69) is 23.9 Å². The van der Waals surface area contributed by atoms with E-state index >= 15 is 0 Å². The van der Waals surface area contributed by atoms with Gasteiger partial charge in [0.25, 0.3) is 0 Å². The van der Waals surface area contributed by atoms with Crippen molar-refractivity contribution in [3.63, 3.8) is 0 Å². The van der Waals surface area contributed by atoms with Gasteiger partial charge in [-0.25, -0.2) is 4.79 Å². The van der Waals surface area contributed by atoms with E-state index in [1.54, 1.807) is 0 Å². The third kappa shape index (κ3) is 9.65. The average molecular weight is 222 g/mol. The summed E-state index contributed by atoms with van der Waals surface area (Å²) in [4.78, 5) is 10.8. The molecule has 0 bridgehead atoms. The van der Waals surface area contributed by atoms with Gasteiger partial charge >= 0.3 is 6.09 Å². The average Bonchev–Trinajstić information content (AvgIpc) is 2.11. The van der Waals surface area contributed by atoms with Crippen molar-refractivity contribution in [2.24, 2.45) is 5.92 Å². The van der Waals surface area contributed by atoms with Gasteiger partial charge in [0.1, 0.15) is 0 Å². The van der Waals surface area contributed by atoms with Crippen LogP contribution in [0.3, 0.4) is 0 Å². The molecule has 0 aliphatic carbocycles. The second-order valence-corrected chi connectivity index (χ2v) is 3.93. The Morgan fingerprint density at radius 3 is 2.64 bits per heavy atom. The first-order valence-corrected chi connectivity index (χ1v) is 5.67. The number of halogens is 1. The van der Waals surface area contributed by atoms with Crippen LogP contribution in [0.1, 0.15) is 39.5 Å². The highest BCUT2D eigenvalue weighted by molar-refractivity contribution is 6.17. The van der Waals surface area contributed by atoms with Crippen molar-refractivity contribution in [3.05, 3.63) is 0 Å². The Kier molecular flexibility index (Phi) is 8.84. The van der Waals surface area contributed by atoms with Crippen molar-refractivity contribution in [2.75, 3.05) is 12.6 Å². The predicted octanol–water partition coefficient (Wildman–Crippen LogP) is 3.13. The van der Waals surface area contributed by atoms with Crippen LogP contribution in [0, 0.1) is 5.92 Å². The van der Waals surface area contributed by atoms with Gasteiger partial charge in [0, 0.05) is 6.54 Å². The minimum Gasteiger partial charge on any atom is -0.433 e. The molecule has 0 radical (unpaired) electrons. The van der Waals surface area contributed by atoms with Gasteiger partial charge in [-0.1, -0.05) is 44.7 Å². The maximum atomic E-state index is 10.8. The molecule has 3 nitrogen and oxygen atoms in total. The monoisotopic (exact) mass is 221 g/mol. The van der Waals surface area contributed by atoms with Crippen LogP contribution in [-0.4, -0.2) is 18.7 Å². The number of amides is 1. The molecule has 0 heterocycles. The van der Waals surface area contributed by atoms with Crippen molar-refractivity contribution < 1.29 is 9.53 Å². The van der Waals surface area contributed by atoms with Gasteiger partial charge in [0.15, 0.2) is 6.07 Å². The van der Waals surface area contributed by atoms with Crippen LogP contribution in [0.2, 0.25) is 0 Å². The number of carbonyl (C=O) groups excluding carboxylic acids is 1. The van der Waals surface area contributed by atoms with Crippen molar-refractivity contribution >= 4 is 17.7 Å². The summed E-state index contributed by atoms with van der Waals surface area (Å²) >= 11 is 5.21. The number of ether oxygens (including phenoxy) is 1. The minimum absolute atomic E-state index is 0.0841. The predicted molar refractivity (Wildman–Crippen MR) is 58.5 cm³/mol. The second kappa shape index (κ2) is 9.13. The molecular formula is C10H20ClNO2. The Balaban J connectivity index is 3.09. The minimum atomic E-state index is -0.427. The van der Waals surface area contributed by atoms with Gasteiger partial charge in [-0.3, -0.25) is 0 Å². The summed E-state index contributed by atoms with van der Waals surface area (Å²) in [6.45, 7) is 5.11. The molecule has 0 saturated carbocycles. The van der Waals surface area contributed by atoms with E-state index in [0.29, 0.717) is 6.54 Å². The third-order valence-corrected chi connectivity index (χ3v) is 2.02. The van der Waals surface area contributed by atoms with Crippen LogP contribution in [0.15, 0.2) is 0 Å². The first-order chi connectivity index (χ1) is 6.66. The van der Waals surface area contributed by atoms with Gasteiger partial charge in [-0.2, -0.15) is 0 Å². The topological polar surface area (TPSA) is 38.3 Å². The SMILES string of the molecule is CC(C)CCCCCNC(=O)OCCl. The Bertz CT molecular complexity index is 151. The maximum absolute atomic E-state index is 10.8. The van der Waals surface area contributed by atoms with Gasteiger partial charge in [0.05, 0.1) is 0 Å². The van der Waals surface area contributed by atoms with E-state index in [-0.39, 0.29) is 6.07 Å². The molecule has 4 heteroatoms. The summed E-state index contributed by atoms with van der Waals surface area (Å²) in [5.74, 6) is 0.768. The normalized spacial score (nSPS) is 10.3. The standard InChI is InChI=1S/C10H20ClNO2/c1-9(2)6-4-3-5-7-12-10(13)14-8-11/h9H,3-8H2,1-2H3,(H,12,13). The van der Waals surface area contributed by atoms with Crippen LogP contribution in [0.5, 0.6) is 0 Å². The fourth-order valence-corrected chi connectivity index (χ4v) is 1.24. The number of carbonyl (C=O) groups is 1. The Morgan fingerprint density at radius 1 is 1.36 bits per heavy atom. The van der Waals surface area contributed by atoms with E-state index < -0.39 is 6.09 Å². The van der Waals surface area contributed by atoms with Crippen molar-refractivity contribution in [1.82, 2.24) is 5.32 Å². The lowest BCUT2D eigenvalue weighted by atomic mass is 10.1. The molecule has 84 valence electrons. The van der Waals surface area contributed by atoms with Crippen LogP contribution in [-0.2, 0) is 4.74 Å². The number of alkyl carbamates (subject to hydrolysis) is 1. The lowest BCUT2D eigenvalue weighted by Crippen LogP contribution is -2.24. The van der Waals surface area contributed by atoms with Crippen LogP contribution >= 0.6 is 11.6 Å². The van der Waals surface area contributed by atoms with E-state index in [9.17, 15) is 4.79 Å². The lowest BCUT2D eigenvalue weighted by Gasteiger charge is -2.05. The summed E-state index contributed by atoms with van der Waals surface area (Å²) < 4.78 is 4.50. The third-order valence-electron chi connectivity index (χ3n) is 1.91. The Hall–Kier alpha value is -0.440. The van der Waals surface area contributed by atoms with E-state index in [1.165, 1.54) is 12.8 Å². The molecular weight excluding hydrogens is 202 g/mol.